The quantitative estimate of drug-likeness (QED) is 0.760. The van der Waals surface area contributed by atoms with Crippen LogP contribution in [0.2, 0.25) is 0 Å². The predicted octanol–water partition coefficient (Wildman–Crippen LogP) is 0.429. The van der Waals surface area contributed by atoms with Crippen LogP contribution in [-0.4, -0.2) is 20.5 Å². The highest BCUT2D eigenvalue weighted by Gasteiger charge is 2.33. The van der Waals surface area contributed by atoms with Gasteiger partial charge < -0.3 is 11.5 Å². The van der Waals surface area contributed by atoms with Crippen LogP contribution in [-0.2, 0) is 6.18 Å². The molecule has 0 fully saturated rings. The van der Waals surface area contributed by atoms with Gasteiger partial charge in [-0.1, -0.05) is 0 Å². The minimum Gasteiger partial charge on any atom is -0.381 e. The number of amides is 1. The molecular weight excluding hydrogens is 239 g/mol. The molecule has 0 saturated heterocycles. The average Bonchev–Trinajstić information content (AvgIpc) is 2.50. The fraction of sp³-hybridized carbons (Fsp3) is 0.125. The normalized spacial score (nSPS) is 11.9. The Morgan fingerprint density at radius 2 is 2.06 bits per heavy atom. The lowest BCUT2D eigenvalue weighted by molar-refractivity contribution is -0.141. The van der Waals surface area contributed by atoms with Crippen LogP contribution in [0.3, 0.4) is 0 Å². The Labute approximate surface area is 92.0 Å². The molecule has 0 aliphatic heterocycles. The van der Waals surface area contributed by atoms with Gasteiger partial charge in [-0.2, -0.15) is 13.2 Å². The molecule has 2 aromatic rings. The van der Waals surface area contributed by atoms with Gasteiger partial charge in [-0.25, -0.2) is 9.50 Å². The summed E-state index contributed by atoms with van der Waals surface area (Å²) in [4.78, 5) is 14.3. The molecular formula is C8H6F3N5O. The number of nitrogen functional groups attached to an aromatic ring is 1. The zero-order valence-electron chi connectivity index (χ0n) is 8.19. The Hall–Kier alpha value is -2.32. The van der Waals surface area contributed by atoms with Crippen molar-refractivity contribution in [2.75, 3.05) is 5.73 Å². The van der Waals surface area contributed by atoms with Crippen LogP contribution >= 0.6 is 0 Å². The smallest absolute Gasteiger partial charge is 0.381 e. The van der Waals surface area contributed by atoms with E-state index in [1.54, 1.807) is 0 Å². The third-order valence-electron chi connectivity index (χ3n) is 2.05. The van der Waals surface area contributed by atoms with Gasteiger partial charge in [-0.05, 0) is 6.07 Å². The lowest BCUT2D eigenvalue weighted by Crippen LogP contribution is -2.14. The minimum atomic E-state index is -4.62. The predicted molar refractivity (Wildman–Crippen MR) is 50.9 cm³/mol. The van der Waals surface area contributed by atoms with Crippen molar-refractivity contribution in [1.29, 1.82) is 0 Å². The summed E-state index contributed by atoms with van der Waals surface area (Å²) in [6.45, 7) is 0. The largest absolute Gasteiger partial charge is 0.433 e. The second-order valence-corrected chi connectivity index (χ2v) is 3.20. The summed E-state index contributed by atoms with van der Waals surface area (Å²) >= 11 is 0. The first kappa shape index (κ1) is 11.2. The molecule has 6 nitrogen and oxygen atoms in total. The number of primary amides is 1. The second-order valence-electron chi connectivity index (χ2n) is 3.20. The third-order valence-corrected chi connectivity index (χ3v) is 2.05. The summed E-state index contributed by atoms with van der Waals surface area (Å²) in [5.74, 6) is -1.24. The first-order valence-electron chi connectivity index (χ1n) is 4.32. The number of nitrogens with zero attached hydrogens (tertiary/aromatic N) is 3. The Morgan fingerprint density at radius 3 is 2.59 bits per heavy atom. The topological polar surface area (TPSA) is 99.3 Å². The maximum atomic E-state index is 12.4. The summed E-state index contributed by atoms with van der Waals surface area (Å²) in [5, 5.41) is 3.62. The van der Waals surface area contributed by atoms with Gasteiger partial charge in [0.25, 0.3) is 5.91 Å². The summed E-state index contributed by atoms with van der Waals surface area (Å²) in [7, 11) is 0. The van der Waals surface area contributed by atoms with E-state index in [9.17, 15) is 18.0 Å². The molecule has 0 aliphatic carbocycles. The van der Waals surface area contributed by atoms with Crippen molar-refractivity contribution in [3.05, 3.63) is 23.5 Å². The van der Waals surface area contributed by atoms with Gasteiger partial charge in [0.1, 0.15) is 11.3 Å². The molecule has 90 valence electrons. The number of fused-ring (bicyclic) bond motifs is 1. The molecule has 0 aliphatic rings. The van der Waals surface area contributed by atoms with Crippen LogP contribution in [0, 0.1) is 0 Å². The van der Waals surface area contributed by atoms with Gasteiger partial charge in [0.15, 0.2) is 11.5 Å². The summed E-state index contributed by atoms with van der Waals surface area (Å²) in [6.07, 6.45) is -3.61. The van der Waals surface area contributed by atoms with Crippen LogP contribution in [0.1, 0.15) is 16.1 Å². The van der Waals surface area contributed by atoms with E-state index in [0.29, 0.717) is 0 Å². The van der Waals surface area contributed by atoms with Crippen molar-refractivity contribution in [2.45, 2.75) is 6.18 Å². The SMILES string of the molecule is NC(=O)c1c(N)nn2ccc(C(F)(F)F)nc12. The Balaban J connectivity index is 2.75. The second kappa shape index (κ2) is 3.34. The van der Waals surface area contributed by atoms with E-state index in [-0.39, 0.29) is 17.0 Å². The van der Waals surface area contributed by atoms with Gasteiger partial charge >= 0.3 is 6.18 Å². The molecule has 0 spiro atoms. The van der Waals surface area contributed by atoms with Gasteiger partial charge in [-0.15, -0.1) is 5.10 Å². The lowest BCUT2D eigenvalue weighted by Gasteiger charge is -2.05. The van der Waals surface area contributed by atoms with E-state index in [4.69, 9.17) is 11.5 Å². The first-order chi connectivity index (χ1) is 7.80. The molecule has 2 rings (SSSR count). The van der Waals surface area contributed by atoms with Crippen molar-refractivity contribution in [3.63, 3.8) is 0 Å². The molecule has 0 radical (unpaired) electrons. The summed E-state index contributed by atoms with van der Waals surface area (Å²) in [5.41, 5.74) is 8.57. The zero-order valence-corrected chi connectivity index (χ0v) is 8.19. The number of anilines is 1. The molecule has 2 aromatic heterocycles. The Bertz CT molecular complexity index is 603. The molecule has 2 heterocycles. The molecule has 0 unspecified atom stereocenters. The van der Waals surface area contributed by atoms with E-state index < -0.39 is 17.8 Å². The first-order valence-corrected chi connectivity index (χ1v) is 4.32. The minimum absolute atomic E-state index is 0.260. The van der Waals surface area contributed by atoms with Gasteiger partial charge in [0.2, 0.25) is 0 Å². The number of aromatic nitrogens is 3. The van der Waals surface area contributed by atoms with Crippen LogP contribution in [0.5, 0.6) is 0 Å². The molecule has 0 saturated carbocycles. The fourth-order valence-electron chi connectivity index (χ4n) is 1.34. The van der Waals surface area contributed by atoms with Gasteiger partial charge in [0.05, 0.1) is 0 Å². The molecule has 17 heavy (non-hydrogen) atoms. The van der Waals surface area contributed by atoms with E-state index in [0.717, 1.165) is 16.8 Å². The fourth-order valence-corrected chi connectivity index (χ4v) is 1.34. The number of alkyl halides is 3. The molecule has 4 N–H and O–H groups in total. The maximum Gasteiger partial charge on any atom is 0.433 e. The number of rotatable bonds is 1. The van der Waals surface area contributed by atoms with Gasteiger partial charge in [0, 0.05) is 6.20 Å². The van der Waals surface area contributed by atoms with Crippen LogP contribution in [0.4, 0.5) is 19.0 Å². The Kier molecular flexibility index (Phi) is 2.19. The van der Waals surface area contributed by atoms with Gasteiger partial charge in [-0.3, -0.25) is 4.79 Å². The highest BCUT2D eigenvalue weighted by molar-refractivity contribution is 6.03. The highest BCUT2D eigenvalue weighted by atomic mass is 19.4. The average molecular weight is 245 g/mol. The van der Waals surface area contributed by atoms with Crippen LogP contribution < -0.4 is 11.5 Å². The van der Waals surface area contributed by atoms with E-state index in [2.05, 4.69) is 10.1 Å². The lowest BCUT2D eigenvalue weighted by atomic mass is 10.3. The molecule has 1 amide bonds. The molecule has 9 heteroatoms. The number of carbonyl (C=O) groups is 1. The van der Waals surface area contributed by atoms with E-state index in [1.807, 2.05) is 0 Å². The van der Waals surface area contributed by atoms with Crippen molar-refractivity contribution < 1.29 is 18.0 Å². The molecule has 0 bridgehead atoms. The van der Waals surface area contributed by atoms with Crippen molar-refractivity contribution in [2.24, 2.45) is 5.73 Å². The van der Waals surface area contributed by atoms with Crippen LogP contribution in [0.15, 0.2) is 12.3 Å². The summed E-state index contributed by atoms with van der Waals surface area (Å²) in [6, 6.07) is 0.726. The number of hydrogen-bond acceptors (Lipinski definition) is 4. The molecule has 0 aromatic carbocycles. The Morgan fingerprint density at radius 1 is 1.41 bits per heavy atom. The summed E-state index contributed by atoms with van der Waals surface area (Å²) < 4.78 is 38.2. The molecule has 0 atom stereocenters. The highest BCUT2D eigenvalue weighted by Crippen LogP contribution is 2.28. The zero-order chi connectivity index (χ0) is 12.8. The van der Waals surface area contributed by atoms with Crippen LogP contribution in [0.25, 0.3) is 5.65 Å². The van der Waals surface area contributed by atoms with Crippen molar-refractivity contribution in [3.8, 4) is 0 Å². The number of carbonyl (C=O) groups excluding carboxylic acids is 1. The van der Waals surface area contributed by atoms with Crippen molar-refractivity contribution >= 4 is 17.4 Å². The number of nitrogens with two attached hydrogens (primary N) is 2. The van der Waals surface area contributed by atoms with E-state index >= 15 is 0 Å². The standard InChI is InChI=1S/C8H6F3N5O/c9-8(10,11)3-1-2-16-7(14-3)4(6(13)17)5(12)15-16/h1-2H,(H2,12,15)(H2,13,17). The van der Waals surface area contributed by atoms with Crippen molar-refractivity contribution in [1.82, 2.24) is 14.6 Å². The number of hydrogen-bond donors (Lipinski definition) is 2. The third kappa shape index (κ3) is 1.75. The monoisotopic (exact) mass is 245 g/mol. The van der Waals surface area contributed by atoms with E-state index in [1.165, 1.54) is 0 Å². The number of halogens is 3. The maximum absolute atomic E-state index is 12.4.